The number of carboxylic acids is 2. The molecule has 0 aromatic rings. The van der Waals surface area contributed by atoms with E-state index in [2.05, 4.69) is 6.92 Å². The Morgan fingerprint density at radius 1 is 0.750 bits per heavy atom. The van der Waals surface area contributed by atoms with Gasteiger partial charge in [0.25, 0.3) is 0 Å². The monoisotopic (exact) mass is 457 g/mol. The number of carboxylic acid groups (broad SMARTS) is 2. The quantitative estimate of drug-likeness (QED) is 0.228. The molecule has 6 nitrogen and oxygen atoms in total. The number of unbranched alkanes of at least 4 members (excludes halogenated alkanes) is 9. The van der Waals surface area contributed by atoms with Gasteiger partial charge < -0.3 is 15.3 Å². The predicted octanol–water partition coefficient (Wildman–Crippen LogP) is 6.10. The van der Waals surface area contributed by atoms with E-state index in [9.17, 15) is 9.59 Å². The second kappa shape index (κ2) is 20.5. The van der Waals surface area contributed by atoms with Gasteiger partial charge in [-0.2, -0.15) is 0 Å². The van der Waals surface area contributed by atoms with Crippen molar-refractivity contribution >= 4 is 11.9 Å². The minimum atomic E-state index is -1.90. The molecule has 0 saturated heterocycles. The topological polar surface area (TPSA) is 98.1 Å². The molecule has 0 spiro atoms. The third-order valence-electron chi connectivity index (χ3n) is 6.70. The Balaban J connectivity index is 0.000000622. The van der Waals surface area contributed by atoms with Crippen LogP contribution in [0.15, 0.2) is 0 Å². The highest BCUT2D eigenvalue weighted by Gasteiger charge is 2.35. The molecule has 0 bridgehead atoms. The van der Waals surface area contributed by atoms with Crippen molar-refractivity contribution < 1.29 is 24.9 Å². The van der Waals surface area contributed by atoms with Crippen LogP contribution in [0.25, 0.3) is 0 Å². The lowest BCUT2D eigenvalue weighted by Gasteiger charge is -2.27. The van der Waals surface area contributed by atoms with E-state index in [0.717, 1.165) is 5.92 Å². The van der Waals surface area contributed by atoms with Crippen molar-refractivity contribution in [3.63, 3.8) is 0 Å². The van der Waals surface area contributed by atoms with E-state index in [4.69, 9.17) is 15.3 Å². The van der Waals surface area contributed by atoms with Gasteiger partial charge in [0.15, 0.2) is 6.10 Å². The van der Waals surface area contributed by atoms with E-state index in [1.165, 1.54) is 108 Å². The molecule has 3 N–H and O–H groups in total. The fourth-order valence-electron chi connectivity index (χ4n) is 4.64. The van der Waals surface area contributed by atoms with Crippen molar-refractivity contribution in [2.24, 2.45) is 5.92 Å². The number of hydrogen-bond acceptors (Lipinski definition) is 4. The zero-order valence-corrected chi connectivity index (χ0v) is 21.1. The Morgan fingerprint density at radius 2 is 1.22 bits per heavy atom. The molecule has 1 fully saturated rings. The maximum atomic E-state index is 10.7. The summed E-state index contributed by atoms with van der Waals surface area (Å²) in [7, 11) is 0. The molecular formula is C26H51NO5. The smallest absolute Gasteiger partial charge is 0.334 e. The summed E-state index contributed by atoms with van der Waals surface area (Å²) in [6.07, 6.45) is 22.0. The number of carbonyl (C=O) groups is 2. The Morgan fingerprint density at radius 3 is 1.62 bits per heavy atom. The Kier molecular flexibility index (Phi) is 19.7. The lowest BCUT2D eigenvalue weighted by Crippen LogP contribution is -2.51. The fraction of sp³-hybridized carbons (Fsp3) is 0.923. The van der Waals surface area contributed by atoms with E-state index in [1.807, 2.05) is 0 Å². The average Bonchev–Trinajstić information content (AvgIpc) is 2.79. The lowest BCUT2D eigenvalue weighted by atomic mass is 9.85. The first-order valence-corrected chi connectivity index (χ1v) is 13.3. The van der Waals surface area contributed by atoms with Gasteiger partial charge in [-0.1, -0.05) is 124 Å². The molecule has 32 heavy (non-hydrogen) atoms. The largest absolute Gasteiger partial charge is 0.480 e. The van der Waals surface area contributed by atoms with E-state index in [1.54, 1.807) is 13.8 Å². The number of aliphatic hydroxyl groups excluding tert-OH is 1. The number of hydrogen-bond donors (Lipinski definition) is 3. The van der Waals surface area contributed by atoms with Gasteiger partial charge in [0.1, 0.15) is 6.04 Å². The first-order chi connectivity index (χ1) is 15.4. The Labute approximate surface area is 196 Å². The number of aliphatic carboxylic acids is 2. The lowest BCUT2D eigenvalue weighted by molar-refractivity contribution is -0.161. The number of likely N-dealkylation sites (N-methyl/N-ethyl adjacent to an activating group) is 1. The first kappa shape index (κ1) is 30.9. The summed E-state index contributed by atoms with van der Waals surface area (Å²) in [5.74, 6) is -1.75. The Bertz CT molecular complexity index is 461. The van der Waals surface area contributed by atoms with Gasteiger partial charge in [0.05, 0.1) is 0 Å². The molecule has 2 atom stereocenters. The molecular weight excluding hydrogens is 406 g/mol. The van der Waals surface area contributed by atoms with Crippen LogP contribution in [0.5, 0.6) is 0 Å². The maximum Gasteiger partial charge on any atom is 0.334 e. The number of nitrogens with zero attached hydrogens (tertiary/aromatic N) is 1. The van der Waals surface area contributed by atoms with Gasteiger partial charge in [0, 0.05) is 0 Å². The van der Waals surface area contributed by atoms with Crippen LogP contribution >= 0.6 is 0 Å². The molecule has 0 heterocycles. The highest BCUT2D eigenvalue weighted by molar-refractivity contribution is 5.84. The second-order valence-electron chi connectivity index (χ2n) is 9.26. The van der Waals surface area contributed by atoms with E-state index >= 15 is 0 Å². The van der Waals surface area contributed by atoms with Crippen LogP contribution in [-0.2, 0) is 9.59 Å². The maximum absolute atomic E-state index is 10.7. The summed E-state index contributed by atoms with van der Waals surface area (Å²) in [4.78, 5) is 22.6. The fourth-order valence-corrected chi connectivity index (χ4v) is 4.64. The first-order valence-electron chi connectivity index (χ1n) is 13.3. The summed E-state index contributed by atoms with van der Waals surface area (Å²) in [5, 5.41) is 26.4. The zero-order valence-electron chi connectivity index (χ0n) is 21.1. The van der Waals surface area contributed by atoms with Crippen molar-refractivity contribution in [1.82, 2.24) is 4.90 Å². The van der Waals surface area contributed by atoms with Crippen molar-refractivity contribution in [1.29, 1.82) is 0 Å². The minimum Gasteiger partial charge on any atom is -0.480 e. The number of rotatable bonds is 17. The molecule has 0 aromatic heterocycles. The summed E-state index contributed by atoms with van der Waals surface area (Å²) in [5.41, 5.74) is 0. The third-order valence-corrected chi connectivity index (χ3v) is 6.70. The molecule has 1 saturated carbocycles. The summed E-state index contributed by atoms with van der Waals surface area (Å²) >= 11 is 0. The van der Waals surface area contributed by atoms with E-state index in [-0.39, 0.29) is 0 Å². The molecule has 2 unspecified atom stereocenters. The Hall–Kier alpha value is -1.14. The molecule has 1 rings (SSSR count). The molecule has 0 radical (unpaired) electrons. The van der Waals surface area contributed by atoms with Crippen LogP contribution in [0.4, 0.5) is 0 Å². The highest BCUT2D eigenvalue weighted by Crippen LogP contribution is 2.28. The van der Waals surface area contributed by atoms with Crippen LogP contribution in [0, 0.1) is 5.92 Å². The van der Waals surface area contributed by atoms with E-state index in [0.29, 0.717) is 13.1 Å². The zero-order chi connectivity index (χ0) is 24.2. The van der Waals surface area contributed by atoms with Crippen LogP contribution < -0.4 is 0 Å². The third kappa shape index (κ3) is 14.8. The van der Waals surface area contributed by atoms with Gasteiger partial charge >= 0.3 is 11.9 Å². The SMILES string of the molecule is CCCCCCCCCCCCC1CCCCC1.CCN(CC)C(C(=O)O)C(O)C(=O)O. The molecule has 0 aromatic carbocycles. The van der Waals surface area contributed by atoms with Crippen molar-refractivity contribution in [3.8, 4) is 0 Å². The molecule has 6 heteroatoms. The minimum absolute atomic E-state index is 0.373. The average molecular weight is 458 g/mol. The predicted molar refractivity (Wildman–Crippen MR) is 131 cm³/mol. The molecule has 0 amide bonds. The van der Waals surface area contributed by atoms with Gasteiger partial charge in [0.2, 0.25) is 0 Å². The van der Waals surface area contributed by atoms with Crippen LogP contribution in [0.1, 0.15) is 124 Å². The van der Waals surface area contributed by atoms with Crippen molar-refractivity contribution in [2.45, 2.75) is 136 Å². The van der Waals surface area contributed by atoms with Crippen molar-refractivity contribution in [3.05, 3.63) is 0 Å². The van der Waals surface area contributed by atoms with E-state index < -0.39 is 24.1 Å². The van der Waals surface area contributed by atoms with Crippen LogP contribution in [-0.4, -0.2) is 57.4 Å². The highest BCUT2D eigenvalue weighted by atomic mass is 16.4. The standard InChI is InChI=1S/C18H36.C8H15NO5/c1-2-3-4-5-6-7-8-9-10-12-15-18-16-13-11-14-17-18;1-3-9(4-2)5(7(11)12)6(10)8(13)14/h18H,2-17H2,1H3;5-6,10H,3-4H2,1-2H3,(H,11,12)(H,13,14). The van der Waals surface area contributed by atoms with Gasteiger partial charge in [-0.15, -0.1) is 0 Å². The molecule has 0 aliphatic heterocycles. The summed E-state index contributed by atoms with van der Waals surface area (Å²) < 4.78 is 0. The second-order valence-corrected chi connectivity index (χ2v) is 9.26. The molecule has 1 aliphatic rings. The van der Waals surface area contributed by atoms with Crippen LogP contribution in [0.2, 0.25) is 0 Å². The van der Waals surface area contributed by atoms with Crippen molar-refractivity contribution in [2.75, 3.05) is 13.1 Å². The normalized spacial score (nSPS) is 16.3. The number of aliphatic hydroxyl groups is 1. The van der Waals surface area contributed by atoms with Gasteiger partial charge in [-0.3, -0.25) is 9.69 Å². The van der Waals surface area contributed by atoms with Gasteiger partial charge in [-0.05, 0) is 19.0 Å². The summed E-state index contributed by atoms with van der Waals surface area (Å²) in [6, 6.07) is -1.39. The molecule has 190 valence electrons. The molecule has 1 aliphatic carbocycles. The van der Waals surface area contributed by atoms with Gasteiger partial charge in [-0.25, -0.2) is 4.79 Å². The van der Waals surface area contributed by atoms with Crippen LogP contribution in [0.3, 0.4) is 0 Å². The summed E-state index contributed by atoms with van der Waals surface area (Å²) in [6.45, 7) is 6.45.